The lowest BCUT2D eigenvalue weighted by atomic mass is 9.95. The van der Waals surface area contributed by atoms with Crippen molar-refractivity contribution < 1.29 is 9.84 Å². The highest BCUT2D eigenvalue weighted by atomic mass is 16.5. The maximum Gasteiger partial charge on any atom is 0.189 e. The second kappa shape index (κ2) is 3.89. The van der Waals surface area contributed by atoms with Gasteiger partial charge in [-0.1, -0.05) is 20.8 Å². The van der Waals surface area contributed by atoms with E-state index < -0.39 is 0 Å². The molecule has 0 bridgehead atoms. The highest BCUT2D eigenvalue weighted by Gasteiger charge is 2.33. The number of hydrogen-bond donors (Lipinski definition) is 1. The molecule has 3 heteroatoms. The molecular formula is C11H21NO2. The van der Waals surface area contributed by atoms with E-state index in [-0.39, 0.29) is 23.5 Å². The van der Waals surface area contributed by atoms with Crippen molar-refractivity contribution in [2.75, 3.05) is 6.54 Å². The number of aliphatic hydroxyl groups is 1. The quantitative estimate of drug-likeness (QED) is 0.753. The molecule has 0 aromatic heterocycles. The van der Waals surface area contributed by atoms with Crippen LogP contribution in [0.3, 0.4) is 0 Å². The van der Waals surface area contributed by atoms with Crippen molar-refractivity contribution in [3.63, 3.8) is 0 Å². The van der Waals surface area contributed by atoms with Gasteiger partial charge in [-0.05, 0) is 19.8 Å². The van der Waals surface area contributed by atoms with Crippen molar-refractivity contribution in [3.05, 3.63) is 0 Å². The van der Waals surface area contributed by atoms with Gasteiger partial charge in [0.15, 0.2) is 5.90 Å². The summed E-state index contributed by atoms with van der Waals surface area (Å²) in [6.45, 7) is 10.7. The molecule has 1 rings (SSSR count). The smallest absolute Gasteiger partial charge is 0.189 e. The summed E-state index contributed by atoms with van der Waals surface area (Å²) in [5.41, 5.74) is -0.194. The Balaban J connectivity index is 2.59. The van der Waals surface area contributed by atoms with Gasteiger partial charge in [-0.3, -0.25) is 4.99 Å². The van der Waals surface area contributed by atoms with Gasteiger partial charge in [0, 0.05) is 0 Å². The Morgan fingerprint density at radius 3 is 2.29 bits per heavy atom. The summed E-state index contributed by atoms with van der Waals surface area (Å²) in [6, 6.07) is 0. The van der Waals surface area contributed by atoms with E-state index in [9.17, 15) is 5.11 Å². The molecule has 82 valence electrons. The molecule has 0 saturated carbocycles. The molecule has 1 N–H and O–H groups in total. The number of ether oxygens (including phenoxy) is 1. The van der Waals surface area contributed by atoms with Crippen molar-refractivity contribution in [1.82, 2.24) is 0 Å². The molecule has 3 nitrogen and oxygen atoms in total. The Morgan fingerprint density at radius 2 is 1.93 bits per heavy atom. The first kappa shape index (κ1) is 11.5. The lowest BCUT2D eigenvalue weighted by Crippen LogP contribution is -2.33. The van der Waals surface area contributed by atoms with Crippen LogP contribution in [0.1, 0.15) is 34.6 Å². The molecule has 0 aliphatic carbocycles. The summed E-state index contributed by atoms with van der Waals surface area (Å²) >= 11 is 0. The Kier molecular flexibility index (Phi) is 3.20. The molecule has 2 unspecified atom stereocenters. The molecule has 0 amide bonds. The van der Waals surface area contributed by atoms with Crippen molar-refractivity contribution in [3.8, 4) is 0 Å². The molecule has 0 aromatic carbocycles. The first-order valence-corrected chi connectivity index (χ1v) is 5.25. The molecule has 0 saturated heterocycles. The number of rotatable bonds is 3. The lowest BCUT2D eigenvalue weighted by molar-refractivity contribution is 0.0693. The van der Waals surface area contributed by atoms with Crippen LogP contribution >= 0.6 is 0 Å². The van der Waals surface area contributed by atoms with Crippen LogP contribution in [0, 0.1) is 11.8 Å². The SMILES string of the molecule is CC(C)C(O)C(C)C1=NCC(C)(C)O1. The maximum absolute atomic E-state index is 9.86. The van der Waals surface area contributed by atoms with E-state index in [4.69, 9.17) is 4.74 Å². The van der Waals surface area contributed by atoms with E-state index in [0.717, 1.165) is 0 Å². The molecule has 1 aliphatic rings. The van der Waals surface area contributed by atoms with Crippen molar-refractivity contribution in [2.45, 2.75) is 46.3 Å². The largest absolute Gasteiger partial charge is 0.473 e. The number of aliphatic imine (C=N–C) groups is 1. The van der Waals surface area contributed by atoms with Crippen LogP contribution < -0.4 is 0 Å². The summed E-state index contributed by atoms with van der Waals surface area (Å²) < 4.78 is 5.67. The van der Waals surface area contributed by atoms with Gasteiger partial charge in [0.05, 0.1) is 18.6 Å². The molecular weight excluding hydrogens is 178 g/mol. The van der Waals surface area contributed by atoms with E-state index in [1.165, 1.54) is 0 Å². The predicted molar refractivity (Wildman–Crippen MR) is 57.5 cm³/mol. The van der Waals surface area contributed by atoms with E-state index in [1.807, 2.05) is 34.6 Å². The van der Waals surface area contributed by atoms with Crippen molar-refractivity contribution >= 4 is 5.90 Å². The molecule has 0 radical (unpaired) electrons. The fourth-order valence-electron chi connectivity index (χ4n) is 1.58. The van der Waals surface area contributed by atoms with Crippen LogP contribution in [-0.4, -0.2) is 29.3 Å². The third-order valence-electron chi connectivity index (χ3n) is 2.58. The van der Waals surface area contributed by atoms with Crippen LogP contribution in [0.5, 0.6) is 0 Å². The average molecular weight is 199 g/mol. The minimum absolute atomic E-state index is 0.00299. The first-order valence-electron chi connectivity index (χ1n) is 5.25. The molecule has 1 aliphatic heterocycles. The fraction of sp³-hybridized carbons (Fsp3) is 0.909. The molecule has 0 spiro atoms. The van der Waals surface area contributed by atoms with Gasteiger partial charge in [0.1, 0.15) is 5.60 Å². The fourth-order valence-corrected chi connectivity index (χ4v) is 1.58. The van der Waals surface area contributed by atoms with Gasteiger partial charge in [-0.25, -0.2) is 0 Å². The third-order valence-corrected chi connectivity index (χ3v) is 2.58. The Hall–Kier alpha value is -0.570. The Bertz CT molecular complexity index is 233. The number of nitrogens with zero attached hydrogens (tertiary/aromatic N) is 1. The number of aliphatic hydroxyl groups excluding tert-OH is 1. The molecule has 2 atom stereocenters. The van der Waals surface area contributed by atoms with E-state index in [1.54, 1.807) is 0 Å². The third kappa shape index (κ3) is 2.47. The Morgan fingerprint density at radius 1 is 1.36 bits per heavy atom. The predicted octanol–water partition coefficient (Wildman–Crippen LogP) is 1.85. The highest BCUT2D eigenvalue weighted by molar-refractivity contribution is 5.80. The summed E-state index contributed by atoms with van der Waals surface area (Å²) in [7, 11) is 0. The average Bonchev–Trinajstić information content (AvgIpc) is 2.43. The summed E-state index contributed by atoms with van der Waals surface area (Å²) in [5, 5.41) is 9.86. The van der Waals surface area contributed by atoms with Gasteiger partial charge < -0.3 is 9.84 Å². The van der Waals surface area contributed by atoms with Crippen molar-refractivity contribution in [1.29, 1.82) is 0 Å². The zero-order valence-corrected chi connectivity index (χ0v) is 9.74. The van der Waals surface area contributed by atoms with Crippen molar-refractivity contribution in [2.24, 2.45) is 16.8 Å². The van der Waals surface area contributed by atoms with E-state index >= 15 is 0 Å². The molecule has 0 fully saturated rings. The van der Waals surface area contributed by atoms with Crippen LogP contribution in [0.25, 0.3) is 0 Å². The van der Waals surface area contributed by atoms with Gasteiger partial charge in [0.25, 0.3) is 0 Å². The summed E-state index contributed by atoms with van der Waals surface area (Å²) in [5.74, 6) is 0.938. The number of hydrogen-bond acceptors (Lipinski definition) is 3. The van der Waals surface area contributed by atoms with Crippen LogP contribution in [0.15, 0.2) is 4.99 Å². The van der Waals surface area contributed by atoms with E-state index in [0.29, 0.717) is 12.4 Å². The van der Waals surface area contributed by atoms with Gasteiger partial charge in [-0.2, -0.15) is 0 Å². The minimum atomic E-state index is -0.373. The highest BCUT2D eigenvalue weighted by Crippen LogP contribution is 2.24. The topological polar surface area (TPSA) is 41.8 Å². The monoisotopic (exact) mass is 199 g/mol. The minimum Gasteiger partial charge on any atom is -0.473 e. The lowest BCUT2D eigenvalue weighted by Gasteiger charge is -2.24. The zero-order chi connectivity index (χ0) is 10.9. The second-order valence-corrected chi connectivity index (χ2v) is 5.04. The molecule has 14 heavy (non-hydrogen) atoms. The molecule has 1 heterocycles. The van der Waals surface area contributed by atoms with Crippen LogP contribution in [-0.2, 0) is 4.74 Å². The second-order valence-electron chi connectivity index (χ2n) is 5.04. The Labute approximate surface area is 86.2 Å². The van der Waals surface area contributed by atoms with Gasteiger partial charge >= 0.3 is 0 Å². The summed E-state index contributed by atoms with van der Waals surface area (Å²) in [4.78, 5) is 4.33. The maximum atomic E-state index is 9.86. The normalized spacial score (nSPS) is 24.4. The standard InChI is InChI=1S/C11H21NO2/c1-7(2)9(13)8(3)10-12-6-11(4,5)14-10/h7-9,13H,6H2,1-5H3. The summed E-state index contributed by atoms with van der Waals surface area (Å²) in [6.07, 6.45) is -0.373. The van der Waals surface area contributed by atoms with Gasteiger partial charge in [0.2, 0.25) is 0 Å². The van der Waals surface area contributed by atoms with Crippen LogP contribution in [0.4, 0.5) is 0 Å². The molecule has 0 aromatic rings. The van der Waals surface area contributed by atoms with Gasteiger partial charge in [-0.15, -0.1) is 0 Å². The van der Waals surface area contributed by atoms with E-state index in [2.05, 4.69) is 4.99 Å². The first-order chi connectivity index (χ1) is 6.33. The van der Waals surface area contributed by atoms with Crippen LogP contribution in [0.2, 0.25) is 0 Å². The zero-order valence-electron chi connectivity index (χ0n) is 9.74.